The summed E-state index contributed by atoms with van der Waals surface area (Å²) in [6, 6.07) is 5.01. The monoisotopic (exact) mass is 373 g/mol. The van der Waals surface area contributed by atoms with Crippen molar-refractivity contribution >= 4 is 17.5 Å². The molecule has 0 aliphatic rings. The van der Waals surface area contributed by atoms with Crippen molar-refractivity contribution in [2.75, 3.05) is 17.7 Å². The Balaban J connectivity index is 2.35. The second-order valence-corrected chi connectivity index (χ2v) is 6.13. The molecule has 27 heavy (non-hydrogen) atoms. The molecule has 0 aliphatic carbocycles. The molecule has 6 N–H and O–H groups in total. The minimum Gasteiger partial charge on any atom is -0.453 e. The maximum absolute atomic E-state index is 11.5. The van der Waals surface area contributed by atoms with Gasteiger partial charge in [0.25, 0.3) is 0 Å². The van der Waals surface area contributed by atoms with Crippen molar-refractivity contribution in [3.8, 4) is 11.3 Å². The van der Waals surface area contributed by atoms with E-state index in [4.69, 9.17) is 5.73 Å². The molecular formula is C19H27N5O3. The van der Waals surface area contributed by atoms with Gasteiger partial charge in [-0.25, -0.2) is 9.78 Å². The molecular weight excluding hydrogens is 346 g/mol. The van der Waals surface area contributed by atoms with E-state index in [-0.39, 0.29) is 6.04 Å². The highest BCUT2D eigenvalue weighted by molar-refractivity contribution is 5.88. The Bertz CT molecular complexity index is 774. The van der Waals surface area contributed by atoms with Crippen LogP contribution in [0.5, 0.6) is 0 Å². The first-order valence-electron chi connectivity index (χ1n) is 8.84. The van der Waals surface area contributed by atoms with Crippen molar-refractivity contribution in [2.45, 2.75) is 38.5 Å². The van der Waals surface area contributed by atoms with Gasteiger partial charge in [0.2, 0.25) is 0 Å². The molecule has 1 aromatic heterocycles. The van der Waals surface area contributed by atoms with Crippen LogP contribution in [0.3, 0.4) is 0 Å². The van der Waals surface area contributed by atoms with Gasteiger partial charge >= 0.3 is 6.09 Å². The number of nitrogens with two attached hydrogens (primary N) is 1. The number of imidazole rings is 1. The largest absolute Gasteiger partial charge is 0.453 e. The van der Waals surface area contributed by atoms with Crippen molar-refractivity contribution in [2.24, 2.45) is 5.73 Å². The number of H-pyrrole nitrogens is 1. The van der Waals surface area contributed by atoms with E-state index in [0.29, 0.717) is 35.7 Å². The molecule has 1 amide bonds. The van der Waals surface area contributed by atoms with Gasteiger partial charge < -0.3 is 25.9 Å². The van der Waals surface area contributed by atoms with Gasteiger partial charge in [-0.2, -0.15) is 0 Å². The van der Waals surface area contributed by atoms with Gasteiger partial charge in [0.05, 0.1) is 18.8 Å². The zero-order valence-corrected chi connectivity index (χ0v) is 15.7. The van der Waals surface area contributed by atoms with E-state index >= 15 is 0 Å². The van der Waals surface area contributed by atoms with Crippen molar-refractivity contribution in [1.29, 1.82) is 0 Å². The lowest BCUT2D eigenvalue weighted by Gasteiger charge is -2.17. The number of hydrogen-bond acceptors (Lipinski definition) is 6. The smallest absolute Gasteiger partial charge is 0.411 e. The molecule has 2 aromatic rings. The van der Waals surface area contributed by atoms with Gasteiger partial charge in [0.1, 0.15) is 12.1 Å². The van der Waals surface area contributed by atoms with Crippen LogP contribution >= 0.6 is 0 Å². The number of nitrogens with one attached hydrogen (secondary N) is 3. The molecule has 8 nitrogen and oxygen atoms in total. The molecule has 0 bridgehead atoms. The van der Waals surface area contributed by atoms with Crippen LogP contribution in [-0.4, -0.2) is 34.5 Å². The fraction of sp³-hybridized carbons (Fsp3) is 0.368. The molecule has 146 valence electrons. The number of nitrogens with zero attached hydrogens (tertiary/aromatic N) is 1. The number of carbonyl (C=O) groups is 1. The summed E-state index contributed by atoms with van der Waals surface area (Å²) in [5.74, 6) is 0.654. The highest BCUT2D eigenvalue weighted by atomic mass is 16.5. The second-order valence-electron chi connectivity index (χ2n) is 6.13. The standard InChI is InChI=1S/C19H27N5O3/c1-4-6-14(20)18-21-11-16(24-18)13-9-8-12(22-19(26)27-3)10-15(13)23-17(25)7-5-2/h4,8-11,14,17,23,25H,1,5-7,20H2,2-3H3,(H,21,24)(H,22,26)/t14-,17?/m0/s1. The summed E-state index contributed by atoms with van der Waals surface area (Å²) >= 11 is 0. The number of aromatic amines is 1. The quantitative estimate of drug-likeness (QED) is 0.339. The fourth-order valence-corrected chi connectivity index (χ4v) is 2.61. The highest BCUT2D eigenvalue weighted by Gasteiger charge is 2.15. The van der Waals surface area contributed by atoms with Crippen LogP contribution in [0, 0.1) is 0 Å². The van der Waals surface area contributed by atoms with Crippen LogP contribution in [-0.2, 0) is 4.74 Å². The number of rotatable bonds is 9. The lowest BCUT2D eigenvalue weighted by atomic mass is 10.1. The molecule has 0 spiro atoms. The summed E-state index contributed by atoms with van der Waals surface area (Å²) in [4.78, 5) is 19.1. The third-order valence-corrected chi connectivity index (χ3v) is 3.98. The molecule has 0 aliphatic heterocycles. The molecule has 0 fully saturated rings. The van der Waals surface area contributed by atoms with E-state index in [1.807, 2.05) is 13.0 Å². The number of aliphatic hydroxyl groups is 1. The predicted molar refractivity (Wildman–Crippen MR) is 106 cm³/mol. The highest BCUT2D eigenvalue weighted by Crippen LogP contribution is 2.31. The number of ether oxygens (including phenoxy) is 1. The molecule has 8 heteroatoms. The van der Waals surface area contributed by atoms with E-state index in [1.165, 1.54) is 7.11 Å². The molecule has 2 atom stereocenters. The van der Waals surface area contributed by atoms with Crippen LogP contribution in [0.4, 0.5) is 16.2 Å². The third-order valence-electron chi connectivity index (χ3n) is 3.98. The summed E-state index contributed by atoms with van der Waals surface area (Å²) in [6.07, 6.45) is 4.24. The van der Waals surface area contributed by atoms with Gasteiger partial charge in [-0.3, -0.25) is 5.32 Å². The Kier molecular flexibility index (Phi) is 7.39. The van der Waals surface area contributed by atoms with Crippen LogP contribution in [0.25, 0.3) is 11.3 Å². The van der Waals surface area contributed by atoms with E-state index < -0.39 is 12.3 Å². The summed E-state index contributed by atoms with van der Waals surface area (Å²) in [7, 11) is 1.30. The maximum Gasteiger partial charge on any atom is 0.411 e. The molecule has 0 saturated carbocycles. The summed E-state index contributed by atoms with van der Waals surface area (Å²) in [5.41, 5.74) is 8.70. The Morgan fingerprint density at radius 2 is 2.30 bits per heavy atom. The molecule has 1 unspecified atom stereocenters. The Hall–Kier alpha value is -2.84. The number of amides is 1. The fourth-order valence-electron chi connectivity index (χ4n) is 2.61. The van der Waals surface area contributed by atoms with Crippen molar-refractivity contribution < 1.29 is 14.6 Å². The summed E-state index contributed by atoms with van der Waals surface area (Å²) in [6.45, 7) is 5.68. The van der Waals surface area contributed by atoms with Gasteiger partial charge in [0.15, 0.2) is 0 Å². The zero-order valence-electron chi connectivity index (χ0n) is 15.7. The van der Waals surface area contributed by atoms with Crippen LogP contribution in [0.1, 0.15) is 38.1 Å². The van der Waals surface area contributed by atoms with E-state index in [0.717, 1.165) is 12.0 Å². The van der Waals surface area contributed by atoms with Crippen molar-refractivity contribution in [3.63, 3.8) is 0 Å². The van der Waals surface area contributed by atoms with E-state index in [1.54, 1.807) is 24.4 Å². The second kappa shape index (κ2) is 9.75. The van der Waals surface area contributed by atoms with E-state index in [9.17, 15) is 9.90 Å². The molecule has 0 radical (unpaired) electrons. The number of aliphatic hydroxyl groups excluding tert-OH is 1. The zero-order chi connectivity index (χ0) is 19.8. The Morgan fingerprint density at radius 1 is 1.52 bits per heavy atom. The minimum absolute atomic E-state index is 0.265. The minimum atomic E-state index is -0.719. The maximum atomic E-state index is 11.5. The average Bonchev–Trinajstić information content (AvgIpc) is 3.12. The lowest BCUT2D eigenvalue weighted by molar-refractivity contribution is 0.187. The summed E-state index contributed by atoms with van der Waals surface area (Å²) < 4.78 is 4.62. The average molecular weight is 373 g/mol. The number of benzene rings is 1. The SMILES string of the molecule is C=CC[C@H](N)c1nc(-c2ccc(NC(=O)OC)cc2NC(O)CCC)c[nH]1. The topological polar surface area (TPSA) is 125 Å². The summed E-state index contributed by atoms with van der Waals surface area (Å²) in [5, 5.41) is 15.9. The van der Waals surface area contributed by atoms with Gasteiger partial charge in [-0.15, -0.1) is 6.58 Å². The van der Waals surface area contributed by atoms with Crippen LogP contribution in [0.2, 0.25) is 0 Å². The third kappa shape index (κ3) is 5.57. The molecule has 1 aromatic carbocycles. The van der Waals surface area contributed by atoms with Gasteiger partial charge in [-0.1, -0.05) is 19.4 Å². The van der Waals surface area contributed by atoms with Crippen LogP contribution in [0.15, 0.2) is 37.1 Å². The van der Waals surface area contributed by atoms with Crippen molar-refractivity contribution in [1.82, 2.24) is 9.97 Å². The Labute approximate surface area is 158 Å². The van der Waals surface area contributed by atoms with Gasteiger partial charge in [-0.05, 0) is 31.0 Å². The molecule has 1 heterocycles. The number of anilines is 2. The lowest BCUT2D eigenvalue weighted by Crippen LogP contribution is -2.19. The molecule has 0 saturated heterocycles. The van der Waals surface area contributed by atoms with Crippen LogP contribution < -0.4 is 16.4 Å². The first-order valence-corrected chi connectivity index (χ1v) is 8.84. The number of aromatic nitrogens is 2. The number of methoxy groups -OCH3 is 1. The number of carbonyl (C=O) groups excluding carboxylic acids is 1. The Morgan fingerprint density at radius 3 is 2.96 bits per heavy atom. The first-order chi connectivity index (χ1) is 13.0. The normalized spacial score (nSPS) is 12.9. The molecule has 2 rings (SSSR count). The predicted octanol–water partition coefficient (Wildman–Crippen LogP) is 3.36. The van der Waals surface area contributed by atoms with Crippen molar-refractivity contribution in [3.05, 3.63) is 42.9 Å². The van der Waals surface area contributed by atoms with E-state index in [2.05, 4.69) is 31.9 Å². The first kappa shape index (κ1) is 20.5. The van der Waals surface area contributed by atoms with Gasteiger partial charge in [0, 0.05) is 23.1 Å². The number of hydrogen-bond donors (Lipinski definition) is 5.